The Labute approximate surface area is 69.3 Å². The third-order valence-corrected chi connectivity index (χ3v) is 1.82. The Hall–Kier alpha value is -1.09. The molecule has 0 unspecified atom stereocenters. The van der Waals surface area contributed by atoms with Crippen LogP contribution in [0.1, 0.15) is 5.56 Å². The van der Waals surface area contributed by atoms with Gasteiger partial charge in [-0.25, -0.2) is 9.98 Å². The zero-order valence-electron chi connectivity index (χ0n) is 6.03. The van der Waals surface area contributed by atoms with Crippen molar-refractivity contribution in [3.05, 3.63) is 34.5 Å². The summed E-state index contributed by atoms with van der Waals surface area (Å²) in [5.41, 5.74) is 1.13. The summed E-state index contributed by atoms with van der Waals surface area (Å²) >= 11 is 4.85. The van der Waals surface area contributed by atoms with Crippen LogP contribution in [0.4, 0.5) is 0 Å². The SMILES string of the molecule is Cc1cccc2c1=NC(=S)N=2. The summed E-state index contributed by atoms with van der Waals surface area (Å²) in [5, 5.41) is 2.27. The van der Waals surface area contributed by atoms with E-state index in [2.05, 4.69) is 9.98 Å². The number of hydrogen-bond donors (Lipinski definition) is 0. The third kappa shape index (κ3) is 0.973. The van der Waals surface area contributed by atoms with E-state index in [0.29, 0.717) is 5.11 Å². The van der Waals surface area contributed by atoms with Gasteiger partial charge in [0.25, 0.3) is 0 Å². The number of fused-ring (bicyclic) bond motifs is 1. The minimum Gasteiger partial charge on any atom is -0.217 e. The molecule has 0 radical (unpaired) electrons. The molecule has 1 aliphatic rings. The molecule has 0 fully saturated rings. The highest BCUT2D eigenvalue weighted by atomic mass is 32.1. The zero-order valence-corrected chi connectivity index (χ0v) is 6.85. The maximum Gasteiger partial charge on any atom is 0.220 e. The molecule has 1 aromatic rings. The second-order valence-corrected chi connectivity index (χ2v) is 2.81. The van der Waals surface area contributed by atoms with Gasteiger partial charge >= 0.3 is 0 Å². The van der Waals surface area contributed by atoms with Crippen molar-refractivity contribution in [3.8, 4) is 0 Å². The van der Waals surface area contributed by atoms with Crippen molar-refractivity contribution in [1.29, 1.82) is 0 Å². The van der Waals surface area contributed by atoms with E-state index in [4.69, 9.17) is 12.2 Å². The summed E-state index contributed by atoms with van der Waals surface area (Å²) in [6.07, 6.45) is 0. The van der Waals surface area contributed by atoms with Crippen molar-refractivity contribution in [1.82, 2.24) is 0 Å². The lowest BCUT2D eigenvalue weighted by molar-refractivity contribution is 1.28. The third-order valence-electron chi connectivity index (χ3n) is 1.64. The molecular weight excluding hydrogens is 156 g/mol. The summed E-state index contributed by atoms with van der Waals surface area (Å²) in [6, 6.07) is 5.89. The van der Waals surface area contributed by atoms with E-state index < -0.39 is 0 Å². The van der Waals surface area contributed by atoms with E-state index in [-0.39, 0.29) is 0 Å². The minimum absolute atomic E-state index is 0.439. The van der Waals surface area contributed by atoms with Crippen LogP contribution in [0.5, 0.6) is 0 Å². The summed E-state index contributed by atoms with van der Waals surface area (Å²) in [5.74, 6) is 0. The van der Waals surface area contributed by atoms with Crippen molar-refractivity contribution in [2.24, 2.45) is 9.98 Å². The van der Waals surface area contributed by atoms with Gasteiger partial charge in [-0.05, 0) is 30.8 Å². The summed E-state index contributed by atoms with van der Waals surface area (Å²) in [6.45, 7) is 2.01. The number of rotatable bonds is 0. The first-order valence-electron chi connectivity index (χ1n) is 3.34. The standard InChI is InChI=1S/C8H6N2S/c1-5-3-2-4-6-7(5)10-8(11)9-6/h2-4H,1H3. The normalized spacial score (nSPS) is 13.7. The fraction of sp³-hybridized carbons (Fsp3) is 0.125. The molecule has 0 N–H and O–H groups in total. The smallest absolute Gasteiger partial charge is 0.217 e. The van der Waals surface area contributed by atoms with Crippen LogP contribution in [0.25, 0.3) is 0 Å². The van der Waals surface area contributed by atoms with Gasteiger partial charge in [0, 0.05) is 0 Å². The minimum atomic E-state index is 0.439. The van der Waals surface area contributed by atoms with Crippen molar-refractivity contribution in [2.45, 2.75) is 6.92 Å². The van der Waals surface area contributed by atoms with Gasteiger partial charge in [-0.2, -0.15) is 0 Å². The molecule has 0 aromatic heterocycles. The first kappa shape index (κ1) is 6.61. The summed E-state index contributed by atoms with van der Waals surface area (Å²) in [4.78, 5) is 8.19. The Kier molecular flexibility index (Phi) is 1.32. The van der Waals surface area contributed by atoms with Crippen LogP contribution in [0.15, 0.2) is 28.2 Å². The predicted molar refractivity (Wildman–Crippen MR) is 46.1 cm³/mol. The van der Waals surface area contributed by atoms with E-state index in [1.165, 1.54) is 0 Å². The highest BCUT2D eigenvalue weighted by Gasteiger charge is 2.01. The van der Waals surface area contributed by atoms with Gasteiger partial charge in [0.2, 0.25) is 5.11 Å². The average molecular weight is 162 g/mol. The molecule has 11 heavy (non-hydrogen) atoms. The number of thiocarbonyl (C=S) groups is 1. The van der Waals surface area contributed by atoms with Crippen molar-refractivity contribution in [2.75, 3.05) is 0 Å². The van der Waals surface area contributed by atoms with Crippen LogP contribution in [0.2, 0.25) is 0 Å². The molecule has 1 aromatic carbocycles. The van der Waals surface area contributed by atoms with Crippen molar-refractivity contribution >= 4 is 17.3 Å². The first-order valence-corrected chi connectivity index (χ1v) is 3.75. The monoisotopic (exact) mass is 162 g/mol. The molecular formula is C8H6N2S. The van der Waals surface area contributed by atoms with Crippen LogP contribution >= 0.6 is 12.2 Å². The quantitative estimate of drug-likeness (QED) is 0.511. The summed E-state index contributed by atoms with van der Waals surface area (Å²) in [7, 11) is 0. The second-order valence-electron chi connectivity index (χ2n) is 2.45. The Morgan fingerprint density at radius 3 is 2.82 bits per heavy atom. The van der Waals surface area contributed by atoms with Crippen molar-refractivity contribution < 1.29 is 0 Å². The number of aryl methyl sites for hydroxylation is 1. The van der Waals surface area contributed by atoms with Gasteiger partial charge in [0.05, 0.1) is 10.7 Å². The molecule has 3 heteroatoms. The van der Waals surface area contributed by atoms with Gasteiger partial charge in [0.1, 0.15) is 0 Å². The Bertz CT molecular complexity index is 434. The molecule has 54 valence electrons. The zero-order chi connectivity index (χ0) is 7.84. The van der Waals surface area contributed by atoms with Crippen LogP contribution in [0, 0.1) is 6.92 Å². The van der Waals surface area contributed by atoms with Gasteiger partial charge in [-0.15, -0.1) is 0 Å². The van der Waals surface area contributed by atoms with Crippen molar-refractivity contribution in [3.63, 3.8) is 0 Å². The Morgan fingerprint density at radius 1 is 1.27 bits per heavy atom. The van der Waals surface area contributed by atoms with E-state index in [1.54, 1.807) is 0 Å². The number of benzene rings is 1. The number of hydrogen-bond acceptors (Lipinski definition) is 1. The van der Waals surface area contributed by atoms with Gasteiger partial charge in [-0.1, -0.05) is 12.1 Å². The molecule has 0 amide bonds. The number of nitrogens with zero attached hydrogens (tertiary/aromatic N) is 2. The molecule has 0 atom stereocenters. The van der Waals surface area contributed by atoms with Crippen LogP contribution in [-0.2, 0) is 0 Å². The van der Waals surface area contributed by atoms with E-state index >= 15 is 0 Å². The first-order chi connectivity index (χ1) is 5.27. The molecule has 1 aliphatic heterocycles. The molecule has 0 aliphatic carbocycles. The number of para-hydroxylation sites is 1. The predicted octanol–water partition coefficient (Wildman–Crippen LogP) is 0.533. The average Bonchev–Trinajstić information content (AvgIpc) is 2.31. The maximum atomic E-state index is 4.85. The van der Waals surface area contributed by atoms with E-state index in [1.807, 2.05) is 25.1 Å². The Balaban J connectivity index is 2.97. The largest absolute Gasteiger partial charge is 0.220 e. The maximum absolute atomic E-state index is 4.85. The van der Waals surface area contributed by atoms with Gasteiger partial charge in [-0.3, -0.25) is 0 Å². The molecule has 0 saturated heterocycles. The van der Waals surface area contributed by atoms with Crippen LogP contribution in [0.3, 0.4) is 0 Å². The van der Waals surface area contributed by atoms with Gasteiger partial charge in [0.15, 0.2) is 0 Å². The lowest BCUT2D eigenvalue weighted by Crippen LogP contribution is -2.23. The summed E-state index contributed by atoms with van der Waals surface area (Å²) < 4.78 is 0. The highest BCUT2D eigenvalue weighted by Crippen LogP contribution is 1.89. The molecule has 2 nitrogen and oxygen atoms in total. The highest BCUT2D eigenvalue weighted by molar-refractivity contribution is 7.80. The van der Waals surface area contributed by atoms with Crippen LogP contribution < -0.4 is 10.7 Å². The molecule has 1 heterocycles. The molecule has 0 spiro atoms. The lowest BCUT2D eigenvalue weighted by atomic mass is 10.2. The second kappa shape index (κ2) is 2.20. The van der Waals surface area contributed by atoms with E-state index in [9.17, 15) is 0 Å². The molecule has 0 saturated carbocycles. The fourth-order valence-electron chi connectivity index (χ4n) is 1.10. The molecule has 2 rings (SSSR count). The van der Waals surface area contributed by atoms with Crippen LogP contribution in [-0.4, -0.2) is 5.11 Å². The fourth-order valence-corrected chi connectivity index (χ4v) is 1.29. The topological polar surface area (TPSA) is 24.7 Å². The Morgan fingerprint density at radius 2 is 2.09 bits per heavy atom. The van der Waals surface area contributed by atoms with E-state index in [0.717, 1.165) is 16.3 Å². The lowest BCUT2D eigenvalue weighted by Gasteiger charge is -1.86. The molecule has 0 bridgehead atoms. The van der Waals surface area contributed by atoms with Gasteiger partial charge < -0.3 is 0 Å².